The standard InChI is InChI=1S/C21H15INO/c22-20-13-15-8-9-16(21(24)14-23-10-4-1-5-11-23)12-19(15)17-6-2-3-7-18(17)20/h1-13H,14H2/q+1. The zero-order valence-corrected chi connectivity index (χ0v) is 15.1. The number of carbonyl (C=O) groups excluding carboxylic acids is 1. The van der Waals surface area contributed by atoms with Gasteiger partial charge in [-0.2, -0.15) is 4.57 Å². The summed E-state index contributed by atoms with van der Waals surface area (Å²) in [4.78, 5) is 12.6. The van der Waals surface area contributed by atoms with E-state index in [0.29, 0.717) is 6.54 Å². The number of pyridine rings is 1. The van der Waals surface area contributed by atoms with Crippen LogP contribution in [0.2, 0.25) is 0 Å². The van der Waals surface area contributed by atoms with Crippen molar-refractivity contribution in [2.45, 2.75) is 6.54 Å². The van der Waals surface area contributed by atoms with Gasteiger partial charge in [-0.05, 0) is 56.3 Å². The number of aromatic nitrogens is 1. The summed E-state index contributed by atoms with van der Waals surface area (Å²) >= 11 is 2.37. The molecule has 0 saturated heterocycles. The van der Waals surface area contributed by atoms with Crippen LogP contribution in [0.25, 0.3) is 21.5 Å². The van der Waals surface area contributed by atoms with E-state index in [2.05, 4.69) is 46.9 Å². The van der Waals surface area contributed by atoms with Crippen LogP contribution in [0.3, 0.4) is 0 Å². The van der Waals surface area contributed by atoms with Gasteiger partial charge in [-0.25, -0.2) is 0 Å². The Bertz CT molecular complexity index is 1060. The second-order valence-corrected chi connectivity index (χ2v) is 6.97. The maximum absolute atomic E-state index is 12.6. The first-order valence-corrected chi connectivity index (χ1v) is 8.88. The molecule has 1 aromatic heterocycles. The second kappa shape index (κ2) is 6.32. The van der Waals surface area contributed by atoms with Crippen LogP contribution in [-0.4, -0.2) is 5.78 Å². The van der Waals surface area contributed by atoms with Crippen molar-refractivity contribution in [3.05, 3.63) is 88.3 Å². The van der Waals surface area contributed by atoms with Crippen LogP contribution in [0.5, 0.6) is 0 Å². The number of ketones is 1. The smallest absolute Gasteiger partial charge is 0.227 e. The number of hydrogen-bond acceptors (Lipinski definition) is 1. The van der Waals surface area contributed by atoms with E-state index in [-0.39, 0.29) is 5.78 Å². The van der Waals surface area contributed by atoms with Gasteiger partial charge < -0.3 is 0 Å². The summed E-state index contributed by atoms with van der Waals surface area (Å²) in [6.07, 6.45) is 3.83. The van der Waals surface area contributed by atoms with E-state index < -0.39 is 0 Å². The molecule has 24 heavy (non-hydrogen) atoms. The minimum atomic E-state index is 0.121. The van der Waals surface area contributed by atoms with Gasteiger partial charge in [0.15, 0.2) is 12.4 Å². The molecular weight excluding hydrogens is 409 g/mol. The summed E-state index contributed by atoms with van der Waals surface area (Å²) in [6, 6.07) is 22.4. The third-order valence-corrected chi connectivity index (χ3v) is 5.13. The van der Waals surface area contributed by atoms with Gasteiger partial charge in [0.25, 0.3) is 0 Å². The molecule has 0 aliphatic carbocycles. The van der Waals surface area contributed by atoms with Crippen molar-refractivity contribution in [3.8, 4) is 0 Å². The van der Waals surface area contributed by atoms with E-state index >= 15 is 0 Å². The minimum absolute atomic E-state index is 0.121. The normalized spacial score (nSPS) is 11.0. The molecule has 0 spiro atoms. The molecule has 0 unspecified atom stereocenters. The molecule has 0 N–H and O–H groups in total. The largest absolute Gasteiger partial charge is 0.287 e. The third-order valence-electron chi connectivity index (χ3n) is 4.24. The molecule has 0 aliphatic heterocycles. The van der Waals surface area contributed by atoms with Gasteiger partial charge in [0.2, 0.25) is 12.3 Å². The Morgan fingerprint density at radius 1 is 0.833 bits per heavy atom. The highest BCUT2D eigenvalue weighted by Gasteiger charge is 2.13. The molecule has 0 radical (unpaired) electrons. The lowest BCUT2D eigenvalue weighted by molar-refractivity contribution is -0.683. The zero-order valence-electron chi connectivity index (χ0n) is 12.9. The maximum atomic E-state index is 12.6. The van der Waals surface area contributed by atoms with Crippen molar-refractivity contribution in [1.29, 1.82) is 0 Å². The fourth-order valence-electron chi connectivity index (χ4n) is 3.03. The Hall–Kier alpha value is -2.27. The van der Waals surface area contributed by atoms with Crippen LogP contribution in [0, 0.1) is 3.57 Å². The van der Waals surface area contributed by atoms with Crippen LogP contribution < -0.4 is 4.57 Å². The van der Waals surface area contributed by atoms with E-state index in [1.807, 2.05) is 59.4 Å². The van der Waals surface area contributed by atoms with Crippen molar-refractivity contribution < 1.29 is 9.36 Å². The summed E-state index contributed by atoms with van der Waals surface area (Å²) in [6.45, 7) is 0.356. The fourth-order valence-corrected chi connectivity index (χ4v) is 3.83. The van der Waals surface area contributed by atoms with E-state index in [4.69, 9.17) is 0 Å². The number of fused-ring (bicyclic) bond motifs is 3. The highest BCUT2D eigenvalue weighted by molar-refractivity contribution is 14.1. The van der Waals surface area contributed by atoms with Gasteiger partial charge in [-0.1, -0.05) is 42.5 Å². The average Bonchev–Trinajstić information content (AvgIpc) is 2.62. The Balaban J connectivity index is 1.81. The molecule has 0 amide bonds. The zero-order chi connectivity index (χ0) is 16.5. The molecule has 3 heteroatoms. The molecule has 4 aromatic rings. The molecule has 1 heterocycles. The number of hydrogen-bond donors (Lipinski definition) is 0. The lowest BCUT2D eigenvalue weighted by Gasteiger charge is -2.08. The van der Waals surface area contributed by atoms with Crippen LogP contribution in [0.1, 0.15) is 10.4 Å². The first-order valence-electron chi connectivity index (χ1n) is 7.81. The topological polar surface area (TPSA) is 20.9 Å². The van der Waals surface area contributed by atoms with Crippen molar-refractivity contribution in [1.82, 2.24) is 0 Å². The maximum Gasteiger partial charge on any atom is 0.227 e. The highest BCUT2D eigenvalue weighted by Crippen LogP contribution is 2.30. The van der Waals surface area contributed by atoms with E-state index in [1.54, 1.807) is 0 Å². The Kier molecular flexibility index (Phi) is 4.02. The summed E-state index contributed by atoms with van der Waals surface area (Å²) in [5.74, 6) is 0.121. The van der Waals surface area contributed by atoms with Gasteiger partial charge in [-0.15, -0.1) is 0 Å². The quantitative estimate of drug-likeness (QED) is 0.201. The highest BCUT2D eigenvalue weighted by atomic mass is 127. The predicted molar refractivity (Wildman–Crippen MR) is 105 cm³/mol. The summed E-state index contributed by atoms with van der Waals surface area (Å²) in [5.41, 5.74) is 0.755. The first-order chi connectivity index (χ1) is 11.7. The molecule has 0 saturated carbocycles. The Morgan fingerprint density at radius 2 is 1.58 bits per heavy atom. The van der Waals surface area contributed by atoms with E-state index in [1.165, 1.54) is 19.7 Å². The van der Waals surface area contributed by atoms with Crippen molar-refractivity contribution >= 4 is 49.9 Å². The number of carbonyl (C=O) groups is 1. The molecule has 116 valence electrons. The lowest BCUT2D eigenvalue weighted by Crippen LogP contribution is -2.36. The average molecular weight is 424 g/mol. The van der Waals surface area contributed by atoms with Gasteiger partial charge in [0.05, 0.1) is 0 Å². The summed E-state index contributed by atoms with van der Waals surface area (Å²) < 4.78 is 3.13. The van der Waals surface area contributed by atoms with Crippen LogP contribution in [0.4, 0.5) is 0 Å². The fraction of sp³-hybridized carbons (Fsp3) is 0.0476. The number of nitrogens with zero attached hydrogens (tertiary/aromatic N) is 1. The molecule has 0 atom stereocenters. The van der Waals surface area contributed by atoms with Crippen LogP contribution >= 0.6 is 22.6 Å². The van der Waals surface area contributed by atoms with Crippen molar-refractivity contribution in [2.75, 3.05) is 0 Å². The number of benzene rings is 3. The molecule has 3 aromatic carbocycles. The van der Waals surface area contributed by atoms with Gasteiger partial charge in [-0.3, -0.25) is 4.79 Å². The predicted octanol–water partition coefficient (Wildman–Crippen LogP) is 4.77. The van der Waals surface area contributed by atoms with E-state index in [0.717, 1.165) is 10.9 Å². The van der Waals surface area contributed by atoms with Gasteiger partial charge >= 0.3 is 0 Å². The molecule has 4 rings (SSSR count). The van der Waals surface area contributed by atoms with Crippen molar-refractivity contribution in [3.63, 3.8) is 0 Å². The number of Topliss-reactive ketones (excluding diaryl/α,β-unsaturated/α-hetero) is 1. The van der Waals surface area contributed by atoms with Gasteiger partial charge in [0.1, 0.15) is 0 Å². The minimum Gasteiger partial charge on any atom is -0.287 e. The molecule has 0 fully saturated rings. The Labute approximate surface area is 153 Å². The molecular formula is C21H15INO+. The summed E-state index contributed by atoms with van der Waals surface area (Å²) in [7, 11) is 0. The Morgan fingerprint density at radius 3 is 2.38 bits per heavy atom. The second-order valence-electron chi connectivity index (χ2n) is 5.81. The van der Waals surface area contributed by atoms with Crippen LogP contribution in [-0.2, 0) is 6.54 Å². The van der Waals surface area contributed by atoms with Crippen molar-refractivity contribution in [2.24, 2.45) is 0 Å². The first kappa shape index (κ1) is 15.3. The number of halogens is 1. The molecule has 2 nitrogen and oxygen atoms in total. The monoisotopic (exact) mass is 424 g/mol. The third kappa shape index (κ3) is 2.80. The molecule has 0 aliphatic rings. The van der Waals surface area contributed by atoms with Crippen LogP contribution in [0.15, 0.2) is 79.1 Å². The summed E-state index contributed by atoms with van der Waals surface area (Å²) in [5, 5.41) is 4.73. The number of rotatable bonds is 3. The SMILES string of the molecule is O=C(C[n+]1ccccc1)c1ccc2cc(I)c3ccccc3c2c1. The molecule has 0 bridgehead atoms. The van der Waals surface area contributed by atoms with E-state index in [9.17, 15) is 4.79 Å². The van der Waals surface area contributed by atoms with Gasteiger partial charge in [0, 0.05) is 21.3 Å². The lowest BCUT2D eigenvalue weighted by atomic mass is 9.98.